The van der Waals surface area contributed by atoms with Gasteiger partial charge in [0.25, 0.3) is 6.43 Å². The van der Waals surface area contributed by atoms with Crippen LogP contribution < -0.4 is 0 Å². The molecule has 0 unspecified atom stereocenters. The molecule has 0 atom stereocenters. The number of rotatable bonds is 3. The molecule has 16 heavy (non-hydrogen) atoms. The lowest BCUT2D eigenvalue weighted by Gasteiger charge is -2.07. The van der Waals surface area contributed by atoms with Crippen LogP contribution in [0, 0.1) is 5.95 Å². The van der Waals surface area contributed by atoms with E-state index in [0.29, 0.717) is 0 Å². The number of halogens is 4. The van der Waals surface area contributed by atoms with E-state index in [1.54, 1.807) is 0 Å². The first-order valence-electron chi connectivity index (χ1n) is 4.15. The molecular formula is C9H7ClF3NO2. The minimum atomic E-state index is -3.00. The smallest absolute Gasteiger partial charge is 0.310 e. The average molecular weight is 254 g/mol. The quantitative estimate of drug-likeness (QED) is 0.614. The predicted molar refractivity (Wildman–Crippen MR) is 49.9 cm³/mol. The maximum Gasteiger partial charge on any atom is 0.310 e. The minimum Gasteiger partial charge on any atom is -0.469 e. The van der Waals surface area contributed by atoms with Crippen LogP contribution >= 0.6 is 11.6 Å². The molecule has 0 radical (unpaired) electrons. The second-order valence-electron chi connectivity index (χ2n) is 2.86. The summed E-state index contributed by atoms with van der Waals surface area (Å²) in [6.07, 6.45) is -3.38. The molecule has 0 amide bonds. The Morgan fingerprint density at radius 1 is 1.62 bits per heavy atom. The molecule has 88 valence electrons. The van der Waals surface area contributed by atoms with Gasteiger partial charge in [0.15, 0.2) is 0 Å². The van der Waals surface area contributed by atoms with Gasteiger partial charge in [-0.05, 0) is 11.6 Å². The van der Waals surface area contributed by atoms with Crippen LogP contribution in [0.2, 0.25) is 5.02 Å². The van der Waals surface area contributed by atoms with Crippen molar-refractivity contribution >= 4 is 17.6 Å². The molecule has 1 aromatic heterocycles. The van der Waals surface area contributed by atoms with E-state index in [9.17, 15) is 18.0 Å². The van der Waals surface area contributed by atoms with Crippen molar-refractivity contribution in [2.75, 3.05) is 7.11 Å². The number of carbonyl (C=O) groups is 1. The van der Waals surface area contributed by atoms with Crippen molar-refractivity contribution in [1.82, 2.24) is 4.98 Å². The van der Waals surface area contributed by atoms with Gasteiger partial charge in [0.05, 0.1) is 18.6 Å². The molecule has 0 aliphatic rings. The molecule has 0 saturated carbocycles. The van der Waals surface area contributed by atoms with Gasteiger partial charge in [-0.2, -0.15) is 4.39 Å². The molecule has 7 heteroatoms. The molecule has 0 N–H and O–H groups in total. The fourth-order valence-corrected chi connectivity index (χ4v) is 1.32. The number of methoxy groups -OCH3 is 1. The van der Waals surface area contributed by atoms with Crippen LogP contribution in [-0.2, 0) is 16.0 Å². The van der Waals surface area contributed by atoms with Gasteiger partial charge in [0.2, 0.25) is 5.95 Å². The maximum absolute atomic E-state index is 12.9. The van der Waals surface area contributed by atoms with E-state index in [1.165, 1.54) is 0 Å². The highest BCUT2D eigenvalue weighted by Crippen LogP contribution is 2.28. The van der Waals surface area contributed by atoms with Crippen LogP contribution in [0.15, 0.2) is 6.07 Å². The second kappa shape index (κ2) is 5.16. The number of alkyl halides is 2. The number of nitrogens with zero attached hydrogens (tertiary/aromatic N) is 1. The van der Waals surface area contributed by atoms with Crippen molar-refractivity contribution in [3.63, 3.8) is 0 Å². The van der Waals surface area contributed by atoms with Crippen LogP contribution in [0.4, 0.5) is 13.2 Å². The van der Waals surface area contributed by atoms with E-state index >= 15 is 0 Å². The molecule has 0 aliphatic heterocycles. The van der Waals surface area contributed by atoms with Gasteiger partial charge in [0.1, 0.15) is 5.69 Å². The number of carbonyl (C=O) groups excluding carboxylic acids is 1. The third kappa shape index (κ3) is 2.85. The third-order valence-electron chi connectivity index (χ3n) is 1.80. The molecule has 1 heterocycles. The van der Waals surface area contributed by atoms with Gasteiger partial charge in [-0.3, -0.25) is 4.79 Å². The Labute approximate surface area is 94.2 Å². The molecule has 3 nitrogen and oxygen atoms in total. The summed E-state index contributed by atoms with van der Waals surface area (Å²) in [6.45, 7) is 0. The van der Waals surface area contributed by atoms with E-state index in [1.807, 2.05) is 0 Å². The highest BCUT2D eigenvalue weighted by Gasteiger charge is 2.20. The molecule has 0 bridgehead atoms. The lowest BCUT2D eigenvalue weighted by molar-refractivity contribution is -0.139. The van der Waals surface area contributed by atoms with Gasteiger partial charge >= 0.3 is 5.97 Å². The highest BCUT2D eigenvalue weighted by atomic mass is 35.5. The van der Waals surface area contributed by atoms with E-state index < -0.39 is 29.1 Å². The SMILES string of the molecule is COC(=O)Cc1cc(F)nc(C(F)F)c1Cl. The summed E-state index contributed by atoms with van der Waals surface area (Å²) in [6, 6.07) is 0.825. The number of hydrogen-bond donors (Lipinski definition) is 0. The Balaban J connectivity index is 3.14. The van der Waals surface area contributed by atoms with Crippen LogP contribution in [0.5, 0.6) is 0 Å². The Morgan fingerprint density at radius 3 is 2.75 bits per heavy atom. The zero-order valence-electron chi connectivity index (χ0n) is 8.14. The summed E-state index contributed by atoms with van der Waals surface area (Å²) >= 11 is 5.56. The first kappa shape index (κ1) is 12.8. The Bertz CT molecular complexity index is 412. The summed E-state index contributed by atoms with van der Waals surface area (Å²) in [7, 11) is 1.13. The molecule has 0 aromatic carbocycles. The highest BCUT2D eigenvalue weighted by molar-refractivity contribution is 6.32. The van der Waals surface area contributed by atoms with Crippen molar-refractivity contribution in [3.05, 3.63) is 28.3 Å². The van der Waals surface area contributed by atoms with Crippen LogP contribution in [-0.4, -0.2) is 18.1 Å². The van der Waals surface area contributed by atoms with Gasteiger partial charge in [-0.25, -0.2) is 13.8 Å². The third-order valence-corrected chi connectivity index (χ3v) is 2.23. The lowest BCUT2D eigenvalue weighted by Crippen LogP contribution is -2.08. The second-order valence-corrected chi connectivity index (χ2v) is 3.23. The Morgan fingerprint density at radius 2 is 2.25 bits per heavy atom. The van der Waals surface area contributed by atoms with Crippen LogP contribution in [0.25, 0.3) is 0 Å². The van der Waals surface area contributed by atoms with Gasteiger partial charge in [-0.1, -0.05) is 11.6 Å². The largest absolute Gasteiger partial charge is 0.469 e. The lowest BCUT2D eigenvalue weighted by atomic mass is 10.1. The van der Waals surface area contributed by atoms with E-state index in [0.717, 1.165) is 13.2 Å². The standard InChI is InChI=1S/C9H7ClF3NO2/c1-16-6(15)3-4-2-5(11)14-8(7(4)10)9(12)13/h2,9H,3H2,1H3. The molecule has 0 spiro atoms. The fourth-order valence-electron chi connectivity index (χ4n) is 1.07. The number of ether oxygens (including phenoxy) is 1. The van der Waals surface area contributed by atoms with Crippen molar-refractivity contribution in [3.8, 4) is 0 Å². The first-order chi connectivity index (χ1) is 7.45. The summed E-state index contributed by atoms with van der Waals surface area (Å²) in [5.41, 5.74) is -0.947. The normalized spacial score (nSPS) is 10.6. The van der Waals surface area contributed by atoms with Gasteiger partial charge in [0, 0.05) is 0 Å². The molecule has 1 rings (SSSR count). The summed E-state index contributed by atoms with van der Waals surface area (Å²) in [5, 5.41) is -0.415. The summed E-state index contributed by atoms with van der Waals surface area (Å²) < 4.78 is 41.9. The molecule has 0 saturated heterocycles. The molecule has 0 fully saturated rings. The zero-order valence-corrected chi connectivity index (χ0v) is 8.89. The van der Waals surface area contributed by atoms with Crippen molar-refractivity contribution in [2.24, 2.45) is 0 Å². The van der Waals surface area contributed by atoms with Crippen molar-refractivity contribution < 1.29 is 22.7 Å². The van der Waals surface area contributed by atoms with E-state index in [2.05, 4.69) is 9.72 Å². The Kier molecular flexibility index (Phi) is 4.12. The zero-order chi connectivity index (χ0) is 12.3. The number of pyridine rings is 1. The number of hydrogen-bond acceptors (Lipinski definition) is 3. The van der Waals surface area contributed by atoms with E-state index in [-0.39, 0.29) is 12.0 Å². The topological polar surface area (TPSA) is 39.2 Å². The first-order valence-corrected chi connectivity index (χ1v) is 4.53. The number of aromatic nitrogens is 1. The minimum absolute atomic E-state index is 0.0729. The Hall–Kier alpha value is -1.30. The maximum atomic E-state index is 12.9. The monoisotopic (exact) mass is 253 g/mol. The fraction of sp³-hybridized carbons (Fsp3) is 0.333. The van der Waals surface area contributed by atoms with Crippen molar-refractivity contribution in [2.45, 2.75) is 12.8 Å². The van der Waals surface area contributed by atoms with Crippen LogP contribution in [0.1, 0.15) is 17.7 Å². The van der Waals surface area contributed by atoms with Crippen molar-refractivity contribution in [1.29, 1.82) is 0 Å². The number of esters is 1. The van der Waals surface area contributed by atoms with Crippen LogP contribution in [0.3, 0.4) is 0 Å². The summed E-state index contributed by atoms with van der Waals surface area (Å²) in [4.78, 5) is 13.9. The molecule has 0 aliphatic carbocycles. The molecular weight excluding hydrogens is 247 g/mol. The predicted octanol–water partition coefficient (Wildman–Crippen LogP) is 2.53. The van der Waals surface area contributed by atoms with Gasteiger partial charge < -0.3 is 4.74 Å². The van der Waals surface area contributed by atoms with Gasteiger partial charge in [-0.15, -0.1) is 0 Å². The average Bonchev–Trinajstić information content (AvgIpc) is 2.22. The van der Waals surface area contributed by atoms with E-state index in [4.69, 9.17) is 11.6 Å². The molecule has 1 aromatic rings. The summed E-state index contributed by atoms with van der Waals surface area (Å²) in [5.74, 6) is -1.81.